The summed E-state index contributed by atoms with van der Waals surface area (Å²) in [5.74, 6) is -0.827. The number of rotatable bonds is 5. The Bertz CT molecular complexity index is 851. The number of hydrogen-bond acceptors (Lipinski definition) is 3. The minimum atomic E-state index is -0.477. The van der Waals surface area contributed by atoms with Crippen molar-refractivity contribution in [1.29, 1.82) is 0 Å². The van der Waals surface area contributed by atoms with Crippen LogP contribution in [0.15, 0.2) is 54.9 Å². The number of aromatic nitrogens is 3. The average molecular weight is 345 g/mol. The molecule has 2 aromatic heterocycles. The van der Waals surface area contributed by atoms with E-state index in [1.165, 1.54) is 12.1 Å². The molecule has 0 atom stereocenters. The molecule has 0 radical (unpaired) electrons. The van der Waals surface area contributed by atoms with E-state index in [4.69, 9.17) is 11.6 Å². The molecule has 0 aliphatic rings. The second-order valence-electron chi connectivity index (χ2n) is 5.06. The number of carbonyl (C=O) groups is 1. The molecule has 3 aromatic rings. The molecule has 1 amide bonds. The summed E-state index contributed by atoms with van der Waals surface area (Å²) in [6.45, 7) is 0.868. The summed E-state index contributed by atoms with van der Waals surface area (Å²) in [6.07, 6.45) is 3.53. The van der Waals surface area contributed by atoms with Crippen LogP contribution in [-0.4, -0.2) is 27.2 Å². The van der Waals surface area contributed by atoms with Crippen LogP contribution < -0.4 is 5.32 Å². The van der Waals surface area contributed by atoms with Gasteiger partial charge in [-0.2, -0.15) is 5.10 Å². The van der Waals surface area contributed by atoms with Crippen LogP contribution in [0.2, 0.25) is 5.02 Å². The van der Waals surface area contributed by atoms with Gasteiger partial charge in [0.15, 0.2) is 0 Å². The van der Waals surface area contributed by atoms with Gasteiger partial charge < -0.3 is 5.32 Å². The maximum Gasteiger partial charge on any atom is 0.252 e. The third-order valence-corrected chi connectivity index (χ3v) is 3.68. The first kappa shape index (κ1) is 16.1. The number of amides is 1. The molecule has 0 spiro atoms. The predicted octanol–water partition coefficient (Wildman–Crippen LogP) is 3.17. The topological polar surface area (TPSA) is 59.8 Å². The van der Waals surface area contributed by atoms with Crippen LogP contribution in [0.3, 0.4) is 0 Å². The molecule has 24 heavy (non-hydrogen) atoms. The molecule has 0 unspecified atom stereocenters. The molecule has 1 aromatic carbocycles. The highest BCUT2D eigenvalue weighted by Crippen LogP contribution is 2.17. The summed E-state index contributed by atoms with van der Waals surface area (Å²) in [5, 5.41) is 7.23. The van der Waals surface area contributed by atoms with Gasteiger partial charge in [-0.1, -0.05) is 17.7 Å². The maximum absolute atomic E-state index is 13.0. The molecular formula is C17H14ClFN4O. The first-order valence-electron chi connectivity index (χ1n) is 7.31. The largest absolute Gasteiger partial charge is 0.350 e. The monoisotopic (exact) mass is 344 g/mol. The van der Waals surface area contributed by atoms with Gasteiger partial charge in [-0.05, 0) is 36.4 Å². The first-order chi connectivity index (χ1) is 11.6. The minimum absolute atomic E-state index is 0.0871. The summed E-state index contributed by atoms with van der Waals surface area (Å²) in [5.41, 5.74) is 1.80. The molecular weight excluding hydrogens is 331 g/mol. The Morgan fingerprint density at radius 1 is 1.21 bits per heavy atom. The lowest BCUT2D eigenvalue weighted by Crippen LogP contribution is -2.27. The quantitative estimate of drug-likeness (QED) is 0.773. The van der Waals surface area contributed by atoms with E-state index < -0.39 is 5.82 Å². The third kappa shape index (κ3) is 3.78. The van der Waals surface area contributed by atoms with Crippen molar-refractivity contribution in [2.75, 3.05) is 6.54 Å². The molecule has 0 saturated carbocycles. The van der Waals surface area contributed by atoms with Gasteiger partial charge in [-0.15, -0.1) is 0 Å². The fourth-order valence-corrected chi connectivity index (χ4v) is 2.44. The number of nitrogens with zero attached hydrogens (tertiary/aromatic N) is 3. The highest BCUT2D eigenvalue weighted by Gasteiger charge is 2.10. The average Bonchev–Trinajstić information content (AvgIpc) is 3.04. The summed E-state index contributed by atoms with van der Waals surface area (Å²) < 4.78 is 14.7. The molecule has 0 fully saturated rings. The molecule has 3 rings (SSSR count). The van der Waals surface area contributed by atoms with Crippen molar-refractivity contribution in [3.63, 3.8) is 0 Å². The van der Waals surface area contributed by atoms with Crippen LogP contribution in [0.1, 0.15) is 10.4 Å². The van der Waals surface area contributed by atoms with E-state index in [9.17, 15) is 9.18 Å². The fraction of sp³-hybridized carbons (Fsp3) is 0.118. The standard InChI is InChI=1S/C17H14ClFN4O/c18-14-11-12(19)4-5-13(14)17(24)21-8-10-23-9-6-16(22-23)15-3-1-2-7-20-15/h1-7,9,11H,8,10H2,(H,21,24). The van der Waals surface area contributed by atoms with E-state index in [1.807, 2.05) is 30.5 Å². The first-order valence-corrected chi connectivity index (χ1v) is 7.69. The van der Waals surface area contributed by atoms with Crippen LogP contribution in [-0.2, 0) is 6.54 Å². The number of nitrogens with one attached hydrogen (secondary N) is 1. The van der Waals surface area contributed by atoms with Crippen LogP contribution in [0, 0.1) is 5.82 Å². The molecule has 122 valence electrons. The SMILES string of the molecule is O=C(NCCn1ccc(-c2ccccn2)n1)c1ccc(F)cc1Cl. The van der Waals surface area contributed by atoms with Gasteiger partial charge in [-0.25, -0.2) is 4.39 Å². The second-order valence-corrected chi connectivity index (χ2v) is 5.47. The normalized spacial score (nSPS) is 10.6. The van der Waals surface area contributed by atoms with Gasteiger partial charge >= 0.3 is 0 Å². The van der Waals surface area contributed by atoms with E-state index in [2.05, 4.69) is 15.4 Å². The third-order valence-electron chi connectivity index (χ3n) is 3.37. The summed E-state index contributed by atoms with van der Waals surface area (Å²) >= 11 is 5.87. The van der Waals surface area contributed by atoms with E-state index in [0.29, 0.717) is 13.1 Å². The minimum Gasteiger partial charge on any atom is -0.350 e. The lowest BCUT2D eigenvalue weighted by molar-refractivity contribution is 0.0952. The van der Waals surface area contributed by atoms with Crippen LogP contribution in [0.25, 0.3) is 11.4 Å². The van der Waals surface area contributed by atoms with Gasteiger partial charge in [0.05, 0.1) is 22.8 Å². The number of pyridine rings is 1. The van der Waals surface area contributed by atoms with E-state index in [-0.39, 0.29) is 16.5 Å². The van der Waals surface area contributed by atoms with Crippen molar-refractivity contribution in [3.05, 3.63) is 71.3 Å². The number of carbonyl (C=O) groups excluding carboxylic acids is 1. The van der Waals surface area contributed by atoms with Gasteiger partial charge in [0.2, 0.25) is 0 Å². The van der Waals surface area contributed by atoms with Gasteiger partial charge in [-0.3, -0.25) is 14.5 Å². The second kappa shape index (κ2) is 7.23. The van der Waals surface area contributed by atoms with Crippen LogP contribution in [0.5, 0.6) is 0 Å². The summed E-state index contributed by atoms with van der Waals surface area (Å²) in [7, 11) is 0. The molecule has 7 heteroatoms. The van der Waals surface area contributed by atoms with Crippen molar-refractivity contribution in [2.24, 2.45) is 0 Å². The lowest BCUT2D eigenvalue weighted by Gasteiger charge is -2.07. The Labute approximate surface area is 143 Å². The van der Waals surface area contributed by atoms with Gasteiger partial charge in [0.1, 0.15) is 11.5 Å². The smallest absolute Gasteiger partial charge is 0.252 e. The number of hydrogen-bond donors (Lipinski definition) is 1. The number of benzene rings is 1. The Morgan fingerprint density at radius 2 is 2.08 bits per heavy atom. The molecule has 2 heterocycles. The molecule has 1 N–H and O–H groups in total. The molecule has 0 aliphatic heterocycles. The van der Waals surface area contributed by atoms with E-state index >= 15 is 0 Å². The van der Waals surface area contributed by atoms with Crippen molar-refractivity contribution < 1.29 is 9.18 Å². The van der Waals surface area contributed by atoms with Crippen LogP contribution >= 0.6 is 11.6 Å². The van der Waals surface area contributed by atoms with Crippen molar-refractivity contribution in [3.8, 4) is 11.4 Å². The predicted molar refractivity (Wildman–Crippen MR) is 89.2 cm³/mol. The Kier molecular flexibility index (Phi) is 4.86. The Balaban J connectivity index is 1.57. The number of halogens is 2. The molecule has 0 aliphatic carbocycles. The molecule has 0 saturated heterocycles. The van der Waals surface area contributed by atoms with E-state index in [1.54, 1.807) is 10.9 Å². The highest BCUT2D eigenvalue weighted by atomic mass is 35.5. The highest BCUT2D eigenvalue weighted by molar-refractivity contribution is 6.33. The molecule has 5 nitrogen and oxygen atoms in total. The zero-order valence-electron chi connectivity index (χ0n) is 12.6. The summed E-state index contributed by atoms with van der Waals surface area (Å²) in [6, 6.07) is 11.2. The van der Waals surface area contributed by atoms with Crippen molar-refractivity contribution in [2.45, 2.75) is 6.54 Å². The van der Waals surface area contributed by atoms with E-state index in [0.717, 1.165) is 17.5 Å². The molecule has 0 bridgehead atoms. The fourth-order valence-electron chi connectivity index (χ4n) is 2.19. The van der Waals surface area contributed by atoms with Crippen LogP contribution in [0.4, 0.5) is 4.39 Å². The lowest BCUT2D eigenvalue weighted by atomic mass is 10.2. The van der Waals surface area contributed by atoms with Crippen molar-refractivity contribution in [1.82, 2.24) is 20.1 Å². The Morgan fingerprint density at radius 3 is 2.83 bits per heavy atom. The Hall–Kier alpha value is -2.73. The zero-order chi connectivity index (χ0) is 16.9. The van der Waals surface area contributed by atoms with Crippen molar-refractivity contribution >= 4 is 17.5 Å². The van der Waals surface area contributed by atoms with Gasteiger partial charge in [0, 0.05) is 18.9 Å². The maximum atomic E-state index is 13.0. The summed E-state index contributed by atoms with van der Waals surface area (Å²) in [4.78, 5) is 16.3. The van der Waals surface area contributed by atoms with Gasteiger partial charge in [0.25, 0.3) is 5.91 Å². The zero-order valence-corrected chi connectivity index (χ0v) is 13.4.